The summed E-state index contributed by atoms with van der Waals surface area (Å²) < 4.78 is 10.6. The average molecular weight is 280 g/mol. The van der Waals surface area contributed by atoms with Gasteiger partial charge < -0.3 is 20.0 Å². The van der Waals surface area contributed by atoms with Crippen LogP contribution in [0.3, 0.4) is 0 Å². The third-order valence-corrected chi connectivity index (χ3v) is 2.66. The van der Waals surface area contributed by atoms with Crippen molar-refractivity contribution >= 4 is 11.6 Å². The van der Waals surface area contributed by atoms with Crippen LogP contribution in [0.1, 0.15) is 25.8 Å². The van der Waals surface area contributed by atoms with E-state index in [1.165, 1.54) is 0 Å². The highest BCUT2D eigenvalue weighted by Crippen LogP contribution is 2.25. The number of ether oxygens (including phenoxy) is 2. The molecule has 110 valence electrons. The van der Waals surface area contributed by atoms with Crippen molar-refractivity contribution in [3.8, 4) is 11.5 Å². The predicted octanol–water partition coefficient (Wildman–Crippen LogP) is 1.80. The fraction of sp³-hybridized carbons (Fsp3) is 0.429. The summed E-state index contributed by atoms with van der Waals surface area (Å²) in [6.07, 6.45) is 0.867. The van der Waals surface area contributed by atoms with Gasteiger partial charge in [-0.1, -0.05) is 12.1 Å². The highest BCUT2D eigenvalue weighted by molar-refractivity contribution is 6.01. The lowest BCUT2D eigenvalue weighted by atomic mass is 10.1. The van der Waals surface area contributed by atoms with Gasteiger partial charge in [0.2, 0.25) is 0 Å². The first-order valence-electron chi connectivity index (χ1n) is 6.39. The molecule has 0 aliphatic heterocycles. The molecule has 1 aromatic rings. The molecular formula is C14H20N2O4. The highest BCUT2D eigenvalue weighted by Gasteiger charge is 2.11. The third-order valence-electron chi connectivity index (χ3n) is 2.66. The summed E-state index contributed by atoms with van der Waals surface area (Å²) in [5.41, 5.74) is 1.01. The Balaban J connectivity index is 2.83. The first-order valence-corrected chi connectivity index (χ1v) is 6.39. The van der Waals surface area contributed by atoms with Crippen molar-refractivity contribution in [2.24, 2.45) is 5.16 Å². The van der Waals surface area contributed by atoms with Crippen molar-refractivity contribution in [2.45, 2.75) is 20.3 Å². The summed E-state index contributed by atoms with van der Waals surface area (Å²) in [6, 6.07) is 5.10. The van der Waals surface area contributed by atoms with E-state index in [1.54, 1.807) is 32.2 Å². The van der Waals surface area contributed by atoms with E-state index < -0.39 is 0 Å². The summed E-state index contributed by atoms with van der Waals surface area (Å²) in [5.74, 6) is 0.842. The van der Waals surface area contributed by atoms with Crippen molar-refractivity contribution in [3.05, 3.63) is 23.8 Å². The SMILES string of the molecule is CCCNC(=O)COc1cc(OC)ccc1/C(C)=N/O. The molecule has 0 saturated heterocycles. The van der Waals surface area contributed by atoms with Gasteiger partial charge in [-0.25, -0.2) is 0 Å². The predicted molar refractivity (Wildman–Crippen MR) is 75.8 cm³/mol. The maximum absolute atomic E-state index is 11.5. The number of nitrogens with zero attached hydrogens (tertiary/aromatic N) is 1. The number of carbonyl (C=O) groups excluding carboxylic acids is 1. The maximum atomic E-state index is 11.5. The zero-order valence-electron chi connectivity index (χ0n) is 12.0. The molecule has 0 aliphatic carbocycles. The number of carbonyl (C=O) groups is 1. The molecule has 1 aromatic carbocycles. The maximum Gasteiger partial charge on any atom is 0.257 e. The topological polar surface area (TPSA) is 80.2 Å². The molecule has 0 heterocycles. The van der Waals surface area contributed by atoms with Gasteiger partial charge in [-0.2, -0.15) is 0 Å². The number of hydrogen-bond donors (Lipinski definition) is 2. The molecule has 0 bridgehead atoms. The molecule has 0 radical (unpaired) electrons. The van der Waals surface area contributed by atoms with Gasteiger partial charge in [-0.15, -0.1) is 0 Å². The number of nitrogens with one attached hydrogen (secondary N) is 1. The van der Waals surface area contributed by atoms with E-state index >= 15 is 0 Å². The first kappa shape index (κ1) is 15.8. The van der Waals surface area contributed by atoms with Crippen LogP contribution in [0.4, 0.5) is 0 Å². The molecule has 0 unspecified atom stereocenters. The lowest BCUT2D eigenvalue weighted by molar-refractivity contribution is -0.123. The summed E-state index contributed by atoms with van der Waals surface area (Å²) in [6.45, 7) is 4.14. The van der Waals surface area contributed by atoms with Gasteiger partial charge in [0.15, 0.2) is 6.61 Å². The smallest absolute Gasteiger partial charge is 0.257 e. The second-order valence-electron chi connectivity index (χ2n) is 4.19. The van der Waals surface area contributed by atoms with Crippen LogP contribution in [0.5, 0.6) is 11.5 Å². The number of rotatable bonds is 7. The van der Waals surface area contributed by atoms with Gasteiger partial charge in [-0.05, 0) is 25.5 Å². The van der Waals surface area contributed by atoms with Crippen LogP contribution in [0, 0.1) is 0 Å². The zero-order valence-corrected chi connectivity index (χ0v) is 12.0. The van der Waals surface area contributed by atoms with Gasteiger partial charge in [-0.3, -0.25) is 4.79 Å². The van der Waals surface area contributed by atoms with Crippen molar-refractivity contribution in [2.75, 3.05) is 20.3 Å². The average Bonchev–Trinajstić information content (AvgIpc) is 2.49. The van der Waals surface area contributed by atoms with Crippen LogP contribution < -0.4 is 14.8 Å². The molecule has 20 heavy (non-hydrogen) atoms. The lowest BCUT2D eigenvalue weighted by Gasteiger charge is -2.12. The van der Waals surface area contributed by atoms with Crippen LogP contribution >= 0.6 is 0 Å². The van der Waals surface area contributed by atoms with Crippen molar-refractivity contribution in [1.29, 1.82) is 0 Å². The Hall–Kier alpha value is -2.24. The number of benzene rings is 1. The summed E-state index contributed by atoms with van der Waals surface area (Å²) in [7, 11) is 1.54. The Kier molecular flexibility index (Phi) is 6.36. The molecular weight excluding hydrogens is 260 g/mol. The molecule has 0 saturated carbocycles. The van der Waals surface area contributed by atoms with Gasteiger partial charge in [0.1, 0.15) is 11.5 Å². The van der Waals surface area contributed by atoms with Crippen LogP contribution in [-0.2, 0) is 4.79 Å². The number of amides is 1. The highest BCUT2D eigenvalue weighted by atomic mass is 16.5. The van der Waals surface area contributed by atoms with Gasteiger partial charge in [0.05, 0.1) is 12.8 Å². The normalized spacial score (nSPS) is 11.1. The van der Waals surface area contributed by atoms with Crippen molar-refractivity contribution < 1.29 is 19.5 Å². The van der Waals surface area contributed by atoms with E-state index in [0.717, 1.165) is 6.42 Å². The van der Waals surface area contributed by atoms with Crippen LogP contribution in [0.25, 0.3) is 0 Å². The Morgan fingerprint density at radius 3 is 2.80 bits per heavy atom. The van der Waals surface area contributed by atoms with E-state index in [0.29, 0.717) is 29.3 Å². The van der Waals surface area contributed by atoms with Crippen LogP contribution in [-0.4, -0.2) is 37.1 Å². The quantitative estimate of drug-likeness (QED) is 0.453. The Morgan fingerprint density at radius 2 is 2.20 bits per heavy atom. The molecule has 0 spiro atoms. The zero-order chi connectivity index (χ0) is 15.0. The molecule has 0 atom stereocenters. The van der Waals surface area contributed by atoms with E-state index in [4.69, 9.17) is 14.7 Å². The lowest BCUT2D eigenvalue weighted by Crippen LogP contribution is -2.29. The largest absolute Gasteiger partial charge is 0.497 e. The third kappa shape index (κ3) is 4.46. The summed E-state index contributed by atoms with van der Waals surface area (Å²) in [4.78, 5) is 11.5. The number of methoxy groups -OCH3 is 1. The Morgan fingerprint density at radius 1 is 1.45 bits per heavy atom. The van der Waals surface area contributed by atoms with Crippen molar-refractivity contribution in [1.82, 2.24) is 5.32 Å². The fourth-order valence-electron chi connectivity index (χ4n) is 1.56. The van der Waals surface area contributed by atoms with Gasteiger partial charge >= 0.3 is 0 Å². The standard InChI is InChI=1S/C14H20N2O4/c1-4-7-15-14(17)9-20-13-8-11(19-3)5-6-12(13)10(2)16-18/h5-6,8,18H,4,7,9H2,1-3H3,(H,15,17)/b16-10+. The molecule has 6 nitrogen and oxygen atoms in total. The molecule has 0 aliphatic rings. The van der Waals surface area contributed by atoms with E-state index in [9.17, 15) is 4.79 Å². The summed E-state index contributed by atoms with van der Waals surface area (Å²) in [5, 5.41) is 14.7. The van der Waals surface area contributed by atoms with Gasteiger partial charge in [0.25, 0.3) is 5.91 Å². The minimum Gasteiger partial charge on any atom is -0.497 e. The molecule has 0 aromatic heterocycles. The Labute approximate surface area is 118 Å². The molecule has 6 heteroatoms. The monoisotopic (exact) mass is 280 g/mol. The second kappa shape index (κ2) is 8.04. The van der Waals surface area contributed by atoms with E-state index in [-0.39, 0.29) is 12.5 Å². The minimum absolute atomic E-state index is 0.0983. The molecule has 2 N–H and O–H groups in total. The molecule has 1 amide bonds. The van der Waals surface area contributed by atoms with Crippen LogP contribution in [0.2, 0.25) is 0 Å². The van der Waals surface area contributed by atoms with Crippen molar-refractivity contribution in [3.63, 3.8) is 0 Å². The van der Waals surface area contributed by atoms with E-state index in [1.807, 2.05) is 6.92 Å². The van der Waals surface area contributed by atoms with Crippen LogP contribution in [0.15, 0.2) is 23.4 Å². The molecule has 0 fully saturated rings. The second-order valence-corrected chi connectivity index (χ2v) is 4.19. The number of hydrogen-bond acceptors (Lipinski definition) is 5. The molecule has 1 rings (SSSR count). The van der Waals surface area contributed by atoms with Gasteiger partial charge in [0, 0.05) is 18.2 Å². The van der Waals surface area contributed by atoms with E-state index in [2.05, 4.69) is 10.5 Å². The first-order chi connectivity index (χ1) is 9.62. The Bertz CT molecular complexity index is 486. The minimum atomic E-state index is -0.195. The summed E-state index contributed by atoms with van der Waals surface area (Å²) >= 11 is 0. The number of oxime groups is 1. The fourth-order valence-corrected chi connectivity index (χ4v) is 1.56.